The van der Waals surface area contributed by atoms with E-state index in [4.69, 9.17) is 0 Å². The summed E-state index contributed by atoms with van der Waals surface area (Å²) in [6.07, 6.45) is 2.69. The van der Waals surface area contributed by atoms with Crippen LogP contribution in [0, 0.1) is 6.92 Å². The minimum Gasteiger partial charge on any atom is -0.311 e. The number of aromatic nitrogens is 2. The number of unbranched alkanes of at least 4 members (excludes halogenated alkanes) is 1. The van der Waals surface area contributed by atoms with Gasteiger partial charge in [0, 0.05) is 11.3 Å². The van der Waals surface area contributed by atoms with Crippen molar-refractivity contribution in [2.75, 3.05) is 0 Å². The second-order valence-corrected chi connectivity index (χ2v) is 5.01. The number of rotatable bonds is 5. The molecule has 4 nitrogen and oxygen atoms in total. The van der Waals surface area contributed by atoms with Crippen molar-refractivity contribution in [3.05, 3.63) is 68.0 Å². The van der Waals surface area contributed by atoms with Gasteiger partial charge in [0.25, 0.3) is 5.56 Å². The van der Waals surface area contributed by atoms with Crippen LogP contribution in [0.15, 0.2) is 39.9 Å². The molecular formula is C16H20N2O2. The number of nitrogens with one attached hydrogen (secondary N) is 1. The standard InChI is InChI=1S/C16H20N2O2/c1-3-4-10-14-12(2)17-16(20)18(15(14)19)11-13-8-6-5-7-9-13/h5-9H,3-4,10-11H2,1-2H3,(H,17,20). The maximum Gasteiger partial charge on any atom is 0.328 e. The van der Waals surface area contributed by atoms with E-state index < -0.39 is 0 Å². The highest BCUT2D eigenvalue weighted by Crippen LogP contribution is 2.04. The van der Waals surface area contributed by atoms with Crippen LogP contribution >= 0.6 is 0 Å². The van der Waals surface area contributed by atoms with Crippen LogP contribution in [-0.4, -0.2) is 9.55 Å². The summed E-state index contributed by atoms with van der Waals surface area (Å²) in [6.45, 7) is 4.19. The summed E-state index contributed by atoms with van der Waals surface area (Å²) in [5.74, 6) is 0. The lowest BCUT2D eigenvalue weighted by molar-refractivity contribution is 0.664. The van der Waals surface area contributed by atoms with Crippen molar-refractivity contribution in [1.29, 1.82) is 0 Å². The Morgan fingerprint density at radius 1 is 1.15 bits per heavy atom. The van der Waals surface area contributed by atoms with Gasteiger partial charge < -0.3 is 4.98 Å². The molecule has 0 fully saturated rings. The topological polar surface area (TPSA) is 54.9 Å². The molecule has 0 saturated heterocycles. The molecule has 0 spiro atoms. The van der Waals surface area contributed by atoms with Gasteiger partial charge in [0.1, 0.15) is 0 Å². The van der Waals surface area contributed by atoms with Crippen molar-refractivity contribution in [3.8, 4) is 0 Å². The van der Waals surface area contributed by atoms with Gasteiger partial charge in [-0.15, -0.1) is 0 Å². The smallest absolute Gasteiger partial charge is 0.311 e. The third kappa shape index (κ3) is 3.07. The third-order valence-electron chi connectivity index (χ3n) is 3.46. The van der Waals surface area contributed by atoms with Crippen molar-refractivity contribution in [2.24, 2.45) is 0 Å². The number of aryl methyl sites for hydroxylation is 1. The van der Waals surface area contributed by atoms with Gasteiger partial charge in [-0.1, -0.05) is 43.7 Å². The Morgan fingerprint density at radius 3 is 2.50 bits per heavy atom. The molecule has 1 aromatic heterocycles. The van der Waals surface area contributed by atoms with Crippen LogP contribution in [0.3, 0.4) is 0 Å². The van der Waals surface area contributed by atoms with E-state index in [9.17, 15) is 9.59 Å². The molecule has 0 aliphatic carbocycles. The lowest BCUT2D eigenvalue weighted by atomic mass is 10.1. The summed E-state index contributed by atoms with van der Waals surface area (Å²) in [5.41, 5.74) is 1.87. The van der Waals surface area contributed by atoms with Crippen LogP contribution in [0.4, 0.5) is 0 Å². The fourth-order valence-electron chi connectivity index (χ4n) is 2.28. The van der Waals surface area contributed by atoms with Gasteiger partial charge >= 0.3 is 5.69 Å². The Bertz CT molecular complexity index is 684. The first-order chi connectivity index (χ1) is 9.63. The molecule has 2 rings (SSSR count). The summed E-state index contributed by atoms with van der Waals surface area (Å²) in [5, 5.41) is 0. The second kappa shape index (κ2) is 6.37. The van der Waals surface area contributed by atoms with E-state index in [0.717, 1.165) is 24.0 Å². The van der Waals surface area contributed by atoms with E-state index >= 15 is 0 Å². The van der Waals surface area contributed by atoms with Gasteiger partial charge in [0.15, 0.2) is 0 Å². The average molecular weight is 272 g/mol. The van der Waals surface area contributed by atoms with E-state index in [1.165, 1.54) is 4.57 Å². The van der Waals surface area contributed by atoms with Crippen LogP contribution in [0.25, 0.3) is 0 Å². The van der Waals surface area contributed by atoms with E-state index in [1.54, 1.807) is 6.92 Å². The van der Waals surface area contributed by atoms with Crippen LogP contribution in [0.2, 0.25) is 0 Å². The van der Waals surface area contributed by atoms with Crippen molar-refractivity contribution >= 4 is 0 Å². The predicted molar refractivity (Wildman–Crippen MR) is 80.2 cm³/mol. The van der Waals surface area contributed by atoms with E-state index in [1.807, 2.05) is 30.3 Å². The molecule has 0 amide bonds. The minimum atomic E-state index is -0.336. The summed E-state index contributed by atoms with van der Waals surface area (Å²) in [7, 11) is 0. The lowest BCUT2D eigenvalue weighted by Crippen LogP contribution is -2.38. The normalized spacial score (nSPS) is 10.7. The molecule has 20 heavy (non-hydrogen) atoms. The molecule has 106 valence electrons. The molecule has 0 bridgehead atoms. The van der Waals surface area contributed by atoms with Gasteiger partial charge in [-0.3, -0.25) is 9.36 Å². The second-order valence-electron chi connectivity index (χ2n) is 5.01. The highest BCUT2D eigenvalue weighted by Gasteiger charge is 2.11. The maximum absolute atomic E-state index is 12.5. The predicted octanol–water partition coefficient (Wildman–Crippen LogP) is 2.24. The average Bonchev–Trinajstić information content (AvgIpc) is 2.44. The zero-order chi connectivity index (χ0) is 14.5. The van der Waals surface area contributed by atoms with Gasteiger partial charge in [-0.05, 0) is 25.3 Å². The monoisotopic (exact) mass is 272 g/mol. The molecular weight excluding hydrogens is 252 g/mol. The van der Waals surface area contributed by atoms with Crippen molar-refractivity contribution in [2.45, 2.75) is 39.7 Å². The lowest BCUT2D eigenvalue weighted by Gasteiger charge is -2.10. The fourth-order valence-corrected chi connectivity index (χ4v) is 2.28. The summed E-state index contributed by atoms with van der Waals surface area (Å²) in [4.78, 5) is 27.2. The van der Waals surface area contributed by atoms with Crippen molar-refractivity contribution in [1.82, 2.24) is 9.55 Å². The molecule has 0 aliphatic rings. The van der Waals surface area contributed by atoms with E-state index in [-0.39, 0.29) is 11.2 Å². The van der Waals surface area contributed by atoms with Crippen LogP contribution in [0.5, 0.6) is 0 Å². The molecule has 0 radical (unpaired) electrons. The highest BCUT2D eigenvalue weighted by atomic mass is 16.2. The Kier molecular flexibility index (Phi) is 4.56. The van der Waals surface area contributed by atoms with Crippen LogP contribution in [0.1, 0.15) is 36.6 Å². The number of hydrogen-bond donors (Lipinski definition) is 1. The molecule has 0 aliphatic heterocycles. The van der Waals surface area contributed by atoms with Crippen LogP contribution in [-0.2, 0) is 13.0 Å². The van der Waals surface area contributed by atoms with E-state index in [0.29, 0.717) is 18.7 Å². The van der Waals surface area contributed by atoms with Crippen molar-refractivity contribution < 1.29 is 0 Å². The van der Waals surface area contributed by atoms with Gasteiger partial charge in [0.2, 0.25) is 0 Å². The number of nitrogens with zero attached hydrogens (tertiary/aromatic N) is 1. The fraction of sp³-hybridized carbons (Fsp3) is 0.375. The van der Waals surface area contributed by atoms with Crippen molar-refractivity contribution in [3.63, 3.8) is 0 Å². The summed E-state index contributed by atoms with van der Waals surface area (Å²) >= 11 is 0. The third-order valence-corrected chi connectivity index (χ3v) is 3.46. The molecule has 4 heteroatoms. The molecule has 1 aromatic carbocycles. The van der Waals surface area contributed by atoms with Crippen LogP contribution < -0.4 is 11.2 Å². The Balaban J connectivity index is 2.43. The zero-order valence-electron chi connectivity index (χ0n) is 12.0. The van der Waals surface area contributed by atoms with Gasteiger partial charge in [0.05, 0.1) is 6.54 Å². The quantitative estimate of drug-likeness (QED) is 0.907. The Morgan fingerprint density at radius 2 is 1.85 bits per heavy atom. The maximum atomic E-state index is 12.5. The molecule has 1 heterocycles. The molecule has 2 aromatic rings. The van der Waals surface area contributed by atoms with E-state index in [2.05, 4.69) is 11.9 Å². The number of aromatic amines is 1. The zero-order valence-corrected chi connectivity index (χ0v) is 12.0. The minimum absolute atomic E-state index is 0.163. The number of H-pyrrole nitrogens is 1. The molecule has 0 unspecified atom stereocenters. The Labute approximate surface area is 118 Å². The first-order valence-electron chi connectivity index (χ1n) is 7.00. The van der Waals surface area contributed by atoms with Gasteiger partial charge in [-0.2, -0.15) is 0 Å². The molecule has 0 atom stereocenters. The molecule has 1 N–H and O–H groups in total. The number of benzene rings is 1. The number of hydrogen-bond acceptors (Lipinski definition) is 2. The molecule has 0 saturated carbocycles. The highest BCUT2D eigenvalue weighted by molar-refractivity contribution is 5.18. The Hall–Kier alpha value is -2.10. The first-order valence-corrected chi connectivity index (χ1v) is 7.00. The first kappa shape index (κ1) is 14.3. The van der Waals surface area contributed by atoms with Gasteiger partial charge in [-0.25, -0.2) is 4.79 Å². The SMILES string of the molecule is CCCCc1c(C)[nH]c(=O)n(Cc2ccccc2)c1=O. The summed E-state index contributed by atoms with van der Waals surface area (Å²) < 4.78 is 1.29. The largest absolute Gasteiger partial charge is 0.328 e. The summed E-state index contributed by atoms with van der Waals surface area (Å²) in [6, 6.07) is 9.55.